The molecule has 2 N–H and O–H groups in total. The summed E-state index contributed by atoms with van der Waals surface area (Å²) in [7, 11) is 0. The number of nitrogens with two attached hydrogens (primary N) is 1. The molecule has 0 unspecified atom stereocenters. The van der Waals surface area contributed by atoms with Crippen LogP contribution in [-0.4, -0.2) is 12.4 Å². The third-order valence-corrected chi connectivity index (χ3v) is 6.58. The van der Waals surface area contributed by atoms with Gasteiger partial charge in [-0.3, -0.25) is 4.79 Å². The van der Waals surface area contributed by atoms with Gasteiger partial charge in [0.25, 0.3) is 0 Å². The summed E-state index contributed by atoms with van der Waals surface area (Å²) in [5.74, 6) is 0.939. The Hall–Kier alpha value is -3.50. The molecule has 7 nitrogen and oxygen atoms in total. The minimum absolute atomic E-state index is 0.0300. The lowest BCUT2D eigenvalue weighted by atomic mass is 9.77. The smallest absolute Gasteiger partial charge is 0.205 e. The average molecular weight is 567 g/mol. The summed E-state index contributed by atoms with van der Waals surface area (Å²) < 4.78 is 18.4. The molecule has 2 aromatic rings. The second-order valence-electron chi connectivity index (χ2n) is 7.86. The summed E-state index contributed by atoms with van der Waals surface area (Å²) in [5.41, 5.74) is 8.81. The number of hydrogen-bond acceptors (Lipinski definition) is 7. The lowest BCUT2D eigenvalue weighted by Gasteiger charge is -2.31. The fourth-order valence-electron chi connectivity index (χ4n) is 4.25. The van der Waals surface area contributed by atoms with Gasteiger partial charge < -0.3 is 19.9 Å². The van der Waals surface area contributed by atoms with Crippen LogP contribution in [0.25, 0.3) is 0 Å². The number of ketones is 1. The highest BCUT2D eigenvalue weighted by molar-refractivity contribution is 14.1. The normalized spacial score (nSPS) is 17.4. The van der Waals surface area contributed by atoms with E-state index in [1.165, 1.54) is 0 Å². The number of hydrogen-bond donors (Lipinski definition) is 1. The minimum atomic E-state index is -0.623. The lowest BCUT2D eigenvalue weighted by molar-refractivity contribution is -0.116. The third kappa shape index (κ3) is 4.46. The first kappa shape index (κ1) is 23.7. The van der Waals surface area contributed by atoms with Crippen molar-refractivity contribution in [3.05, 3.63) is 79.4 Å². The number of nitriles is 2. The predicted octanol–water partition coefficient (Wildman–Crippen LogP) is 4.96. The second-order valence-corrected chi connectivity index (χ2v) is 9.02. The van der Waals surface area contributed by atoms with Crippen LogP contribution in [0.5, 0.6) is 11.5 Å². The van der Waals surface area contributed by atoms with Crippen LogP contribution in [0, 0.1) is 26.2 Å². The van der Waals surface area contributed by atoms with Gasteiger partial charge in [0.1, 0.15) is 24.0 Å². The summed E-state index contributed by atoms with van der Waals surface area (Å²) in [6, 6.07) is 15.2. The summed E-state index contributed by atoms with van der Waals surface area (Å²) >= 11 is 2.15. The molecule has 1 aliphatic heterocycles. The van der Waals surface area contributed by atoms with Crippen LogP contribution in [0.4, 0.5) is 0 Å². The molecule has 2 aliphatic rings. The van der Waals surface area contributed by atoms with Crippen molar-refractivity contribution >= 4 is 28.4 Å². The SMILES string of the molecule is CCOc1cc([C@H]2C(C#N)=C(N)OC3=C2C(=O)CCC3)cc(I)c1OCc1ccccc1C#N. The van der Waals surface area contributed by atoms with E-state index in [9.17, 15) is 15.3 Å². The van der Waals surface area contributed by atoms with Gasteiger partial charge >= 0.3 is 0 Å². The van der Waals surface area contributed by atoms with Gasteiger partial charge in [0.15, 0.2) is 17.3 Å². The summed E-state index contributed by atoms with van der Waals surface area (Å²) in [5, 5.41) is 19.2. The molecule has 0 radical (unpaired) electrons. The molecule has 1 heterocycles. The Morgan fingerprint density at radius 1 is 1.18 bits per heavy atom. The van der Waals surface area contributed by atoms with Crippen LogP contribution in [0.3, 0.4) is 0 Å². The zero-order chi connectivity index (χ0) is 24.2. The van der Waals surface area contributed by atoms with Gasteiger partial charge in [-0.25, -0.2) is 0 Å². The molecular formula is C26H22IN3O4. The zero-order valence-electron chi connectivity index (χ0n) is 18.6. The molecule has 8 heteroatoms. The van der Waals surface area contributed by atoms with E-state index in [2.05, 4.69) is 34.7 Å². The lowest BCUT2D eigenvalue weighted by Crippen LogP contribution is -2.27. The van der Waals surface area contributed by atoms with Crippen molar-refractivity contribution in [2.75, 3.05) is 6.61 Å². The van der Waals surface area contributed by atoms with Crippen LogP contribution in [-0.2, 0) is 16.1 Å². The predicted molar refractivity (Wildman–Crippen MR) is 132 cm³/mol. The summed E-state index contributed by atoms with van der Waals surface area (Å²) in [4.78, 5) is 12.9. The molecule has 34 heavy (non-hydrogen) atoms. The number of carbonyl (C=O) groups excluding carboxylic acids is 1. The summed E-state index contributed by atoms with van der Waals surface area (Å²) in [6.45, 7) is 2.46. The van der Waals surface area contributed by atoms with Gasteiger partial charge in [-0.15, -0.1) is 0 Å². The highest BCUT2D eigenvalue weighted by Crippen LogP contribution is 2.46. The Balaban J connectivity index is 1.77. The van der Waals surface area contributed by atoms with Crippen LogP contribution < -0.4 is 15.2 Å². The number of ether oxygens (including phenoxy) is 3. The average Bonchev–Trinajstić information content (AvgIpc) is 2.83. The van der Waals surface area contributed by atoms with Crippen molar-refractivity contribution < 1.29 is 19.0 Å². The van der Waals surface area contributed by atoms with E-state index in [4.69, 9.17) is 19.9 Å². The minimum Gasteiger partial charge on any atom is -0.490 e. The van der Waals surface area contributed by atoms with E-state index in [1.807, 2.05) is 31.2 Å². The van der Waals surface area contributed by atoms with Crippen molar-refractivity contribution in [1.82, 2.24) is 0 Å². The van der Waals surface area contributed by atoms with Gasteiger partial charge in [0.05, 0.1) is 27.7 Å². The molecule has 0 bridgehead atoms. The quantitative estimate of drug-likeness (QED) is 0.491. The maximum atomic E-state index is 12.9. The van der Waals surface area contributed by atoms with Gasteiger partial charge in [-0.1, -0.05) is 18.2 Å². The fraction of sp³-hybridized carbons (Fsp3) is 0.269. The highest BCUT2D eigenvalue weighted by Gasteiger charge is 2.38. The molecule has 172 valence electrons. The molecule has 0 fully saturated rings. The number of carbonyl (C=O) groups is 1. The molecule has 1 atom stereocenters. The van der Waals surface area contributed by atoms with E-state index in [0.29, 0.717) is 59.8 Å². The number of benzene rings is 2. The maximum Gasteiger partial charge on any atom is 0.205 e. The fourth-order valence-corrected chi connectivity index (χ4v) is 5.03. The number of rotatable bonds is 6. The van der Waals surface area contributed by atoms with Crippen molar-refractivity contribution in [2.24, 2.45) is 5.73 Å². The molecule has 4 rings (SSSR count). The summed E-state index contributed by atoms with van der Waals surface area (Å²) in [6.07, 6.45) is 1.70. The Morgan fingerprint density at radius 3 is 2.71 bits per heavy atom. The van der Waals surface area contributed by atoms with Crippen LogP contribution in [0.15, 0.2) is 59.2 Å². The molecule has 2 aromatic carbocycles. The first-order valence-corrected chi connectivity index (χ1v) is 12.0. The second kappa shape index (κ2) is 10.2. The van der Waals surface area contributed by atoms with E-state index >= 15 is 0 Å². The largest absolute Gasteiger partial charge is 0.490 e. The first-order valence-electron chi connectivity index (χ1n) is 10.9. The maximum absolute atomic E-state index is 12.9. The van der Waals surface area contributed by atoms with Crippen molar-refractivity contribution in [3.63, 3.8) is 0 Å². The van der Waals surface area contributed by atoms with E-state index < -0.39 is 5.92 Å². The Morgan fingerprint density at radius 2 is 1.97 bits per heavy atom. The number of nitrogens with zero attached hydrogens (tertiary/aromatic N) is 2. The van der Waals surface area contributed by atoms with Crippen LogP contribution in [0.1, 0.15) is 48.8 Å². The monoisotopic (exact) mass is 567 g/mol. The van der Waals surface area contributed by atoms with Crippen molar-refractivity contribution in [3.8, 4) is 23.6 Å². The van der Waals surface area contributed by atoms with Gasteiger partial charge in [0.2, 0.25) is 5.88 Å². The third-order valence-electron chi connectivity index (χ3n) is 5.78. The van der Waals surface area contributed by atoms with Gasteiger partial charge in [0, 0.05) is 24.0 Å². The number of halogens is 1. The van der Waals surface area contributed by atoms with Gasteiger partial charge in [-0.05, 0) is 59.7 Å². The Kier molecular flexibility index (Phi) is 7.09. The molecule has 0 aromatic heterocycles. The molecule has 0 spiro atoms. The molecule has 0 saturated carbocycles. The van der Waals surface area contributed by atoms with Crippen LogP contribution in [0.2, 0.25) is 0 Å². The highest BCUT2D eigenvalue weighted by atomic mass is 127. The standard InChI is InChI=1S/C26H22IN3O4/c1-2-32-22-11-17(10-19(27)25(22)33-14-16-7-4-3-6-15(16)12-28)23-18(13-29)26(30)34-21-9-5-8-20(31)24(21)23/h3-4,6-7,10-11,23H,2,5,8-9,14,30H2,1H3/t23-/m0/s1. The number of Topliss-reactive ketones (excluding diaryl/α,β-unsaturated/α-hetero) is 1. The van der Waals surface area contributed by atoms with E-state index in [-0.39, 0.29) is 23.8 Å². The molecular weight excluding hydrogens is 545 g/mol. The first-order chi connectivity index (χ1) is 16.5. The van der Waals surface area contributed by atoms with Gasteiger partial charge in [-0.2, -0.15) is 10.5 Å². The Labute approximate surface area is 211 Å². The molecule has 1 aliphatic carbocycles. The Bertz CT molecular complexity index is 1300. The topological polar surface area (TPSA) is 118 Å². The van der Waals surface area contributed by atoms with Crippen molar-refractivity contribution in [2.45, 2.75) is 38.7 Å². The number of allylic oxidation sites excluding steroid dienone is 3. The zero-order valence-corrected chi connectivity index (χ0v) is 20.7. The van der Waals surface area contributed by atoms with Crippen molar-refractivity contribution in [1.29, 1.82) is 10.5 Å². The molecule has 0 saturated heterocycles. The van der Waals surface area contributed by atoms with E-state index in [0.717, 1.165) is 9.13 Å². The van der Waals surface area contributed by atoms with Crippen LogP contribution >= 0.6 is 22.6 Å². The van der Waals surface area contributed by atoms with E-state index in [1.54, 1.807) is 12.1 Å². The molecule has 0 amide bonds.